The number of nitrogens with zero attached hydrogens (tertiary/aromatic N) is 3. The Balaban J connectivity index is 1.72. The molecule has 0 atom stereocenters. The van der Waals surface area contributed by atoms with Crippen LogP contribution in [-0.2, 0) is 4.74 Å². The van der Waals surface area contributed by atoms with Crippen LogP contribution < -0.4 is 5.32 Å². The van der Waals surface area contributed by atoms with E-state index in [0.717, 1.165) is 32.1 Å². The number of ether oxygens (including phenoxy) is 1. The molecule has 0 spiro atoms. The van der Waals surface area contributed by atoms with E-state index in [1.165, 1.54) is 6.20 Å². The monoisotopic (exact) mass is 370 g/mol. The van der Waals surface area contributed by atoms with Crippen molar-refractivity contribution in [3.63, 3.8) is 0 Å². The van der Waals surface area contributed by atoms with Crippen molar-refractivity contribution in [3.8, 4) is 0 Å². The first-order chi connectivity index (χ1) is 11.5. The molecule has 2 aromatic heterocycles. The van der Waals surface area contributed by atoms with Gasteiger partial charge in [0.15, 0.2) is 11.0 Å². The van der Waals surface area contributed by atoms with Gasteiger partial charge in [-0.05, 0) is 43.7 Å². The Morgan fingerprint density at radius 1 is 1.25 bits per heavy atom. The van der Waals surface area contributed by atoms with Crippen LogP contribution in [0.25, 0.3) is 10.9 Å². The maximum absolute atomic E-state index is 14.2. The number of aromatic nitrogens is 3. The molecule has 5 nitrogen and oxygen atoms in total. The van der Waals surface area contributed by atoms with Crippen LogP contribution in [0.3, 0.4) is 0 Å². The molecule has 2 aromatic rings. The zero-order valence-corrected chi connectivity index (χ0v) is 14.7. The van der Waals surface area contributed by atoms with E-state index in [1.807, 2.05) is 0 Å². The molecule has 2 saturated heterocycles. The van der Waals surface area contributed by atoms with Crippen LogP contribution in [0.5, 0.6) is 0 Å². The van der Waals surface area contributed by atoms with Crippen LogP contribution in [-0.4, -0.2) is 32.7 Å². The Bertz CT molecular complexity index is 792. The van der Waals surface area contributed by atoms with Gasteiger partial charge in [-0.3, -0.25) is 0 Å². The van der Waals surface area contributed by atoms with E-state index in [2.05, 4.69) is 27.2 Å². The van der Waals surface area contributed by atoms with Crippen molar-refractivity contribution < 1.29 is 9.13 Å². The van der Waals surface area contributed by atoms with Gasteiger partial charge in [-0.2, -0.15) is 0 Å². The fourth-order valence-electron chi connectivity index (χ4n) is 3.73. The van der Waals surface area contributed by atoms with Gasteiger partial charge >= 0.3 is 0 Å². The summed E-state index contributed by atoms with van der Waals surface area (Å²) in [6, 6.07) is 0. The highest BCUT2D eigenvalue weighted by Gasteiger charge is 2.49. The minimum Gasteiger partial charge on any atom is -0.373 e. The molecule has 0 aromatic carbocycles. The lowest BCUT2D eigenvalue weighted by Gasteiger charge is -2.53. The van der Waals surface area contributed by atoms with Crippen LogP contribution >= 0.6 is 23.2 Å². The van der Waals surface area contributed by atoms with Crippen molar-refractivity contribution in [2.24, 2.45) is 0 Å². The SMILES string of the molecule is CCC12CCC(Nc3nc(Cl)nc4c(F)c(Cl)ncc34)(CC1)CO2. The van der Waals surface area contributed by atoms with E-state index in [4.69, 9.17) is 27.9 Å². The largest absolute Gasteiger partial charge is 0.373 e. The fourth-order valence-corrected chi connectivity index (χ4v) is 4.04. The lowest BCUT2D eigenvalue weighted by Crippen LogP contribution is -2.58. The van der Waals surface area contributed by atoms with Gasteiger partial charge < -0.3 is 10.1 Å². The summed E-state index contributed by atoms with van der Waals surface area (Å²) in [6.45, 7) is 2.77. The summed E-state index contributed by atoms with van der Waals surface area (Å²) in [7, 11) is 0. The average molecular weight is 371 g/mol. The van der Waals surface area contributed by atoms with Crippen molar-refractivity contribution in [2.45, 2.75) is 50.2 Å². The normalized spacial score (nSPS) is 29.2. The summed E-state index contributed by atoms with van der Waals surface area (Å²) in [5.41, 5.74) is -0.113. The third-order valence-electron chi connectivity index (χ3n) is 5.42. The molecule has 3 fully saturated rings. The van der Waals surface area contributed by atoms with E-state index < -0.39 is 5.82 Å². The maximum Gasteiger partial charge on any atom is 0.225 e. The molecule has 4 heterocycles. The second kappa shape index (κ2) is 5.64. The summed E-state index contributed by atoms with van der Waals surface area (Å²) in [5, 5.41) is 3.65. The Morgan fingerprint density at radius 3 is 2.62 bits per heavy atom. The molecule has 5 rings (SSSR count). The van der Waals surface area contributed by atoms with Gasteiger partial charge in [-0.15, -0.1) is 0 Å². The second-order valence-corrected chi connectivity index (χ2v) is 7.39. The van der Waals surface area contributed by atoms with Crippen molar-refractivity contribution in [3.05, 3.63) is 22.5 Å². The maximum atomic E-state index is 14.2. The Morgan fingerprint density at radius 2 is 2.00 bits per heavy atom. The van der Waals surface area contributed by atoms with Gasteiger partial charge in [0.25, 0.3) is 0 Å². The topological polar surface area (TPSA) is 59.9 Å². The molecule has 128 valence electrons. The molecule has 1 N–H and O–H groups in total. The molecule has 2 bridgehead atoms. The second-order valence-electron chi connectivity index (χ2n) is 6.70. The molecule has 0 amide bonds. The minimum absolute atomic E-state index is 0.0238. The number of pyridine rings is 1. The van der Waals surface area contributed by atoms with Crippen molar-refractivity contribution in [1.29, 1.82) is 0 Å². The highest BCUT2D eigenvalue weighted by Crippen LogP contribution is 2.47. The number of halogens is 3. The highest BCUT2D eigenvalue weighted by molar-refractivity contribution is 6.30. The quantitative estimate of drug-likeness (QED) is 0.641. The standard InChI is InChI=1S/C16H17Cl2FN4O/c1-2-16-5-3-15(4-6-16,8-24-16)23-13-9-7-20-12(17)10(19)11(9)21-14(18)22-13/h7H,2-6,8H2,1H3,(H,21,22,23). The van der Waals surface area contributed by atoms with Crippen LogP contribution in [0, 0.1) is 5.82 Å². The molecule has 1 saturated carbocycles. The van der Waals surface area contributed by atoms with Crippen molar-refractivity contribution in [2.75, 3.05) is 11.9 Å². The predicted molar refractivity (Wildman–Crippen MR) is 91.1 cm³/mol. The molecule has 1 aliphatic carbocycles. The van der Waals surface area contributed by atoms with E-state index in [-0.39, 0.29) is 27.1 Å². The number of hydrogen-bond donors (Lipinski definition) is 1. The number of rotatable bonds is 3. The third kappa shape index (κ3) is 2.52. The van der Waals surface area contributed by atoms with Crippen LogP contribution in [0.4, 0.5) is 10.2 Å². The van der Waals surface area contributed by atoms with E-state index in [0.29, 0.717) is 17.8 Å². The number of anilines is 1. The molecule has 0 unspecified atom stereocenters. The highest BCUT2D eigenvalue weighted by atomic mass is 35.5. The van der Waals surface area contributed by atoms with E-state index in [1.54, 1.807) is 0 Å². The average Bonchev–Trinajstić information content (AvgIpc) is 2.60. The van der Waals surface area contributed by atoms with Crippen molar-refractivity contribution >= 4 is 39.9 Å². The van der Waals surface area contributed by atoms with Gasteiger partial charge in [0.2, 0.25) is 5.28 Å². The van der Waals surface area contributed by atoms with Crippen LogP contribution in [0.2, 0.25) is 10.4 Å². The molecule has 8 heteroatoms. The first kappa shape index (κ1) is 16.2. The summed E-state index contributed by atoms with van der Waals surface area (Å²) < 4.78 is 20.3. The van der Waals surface area contributed by atoms with Crippen molar-refractivity contribution in [1.82, 2.24) is 15.0 Å². The molecular weight excluding hydrogens is 354 g/mol. The molecule has 2 aliphatic heterocycles. The molecule has 24 heavy (non-hydrogen) atoms. The van der Waals surface area contributed by atoms with Gasteiger partial charge in [0.05, 0.1) is 23.1 Å². The zero-order valence-electron chi connectivity index (χ0n) is 13.2. The number of fused-ring (bicyclic) bond motifs is 4. The van der Waals surface area contributed by atoms with E-state index in [9.17, 15) is 4.39 Å². The van der Waals surface area contributed by atoms with Gasteiger partial charge in [0, 0.05) is 6.20 Å². The first-order valence-electron chi connectivity index (χ1n) is 8.05. The summed E-state index contributed by atoms with van der Waals surface area (Å²) in [4.78, 5) is 12.1. The Hall–Kier alpha value is -1.24. The molecular formula is C16H17Cl2FN4O. The Labute approximate surface area is 148 Å². The summed E-state index contributed by atoms with van der Waals surface area (Å²) in [5.74, 6) is -0.213. The third-order valence-corrected chi connectivity index (χ3v) is 5.85. The number of hydrogen-bond acceptors (Lipinski definition) is 5. The van der Waals surface area contributed by atoms with Gasteiger partial charge in [0.1, 0.15) is 11.3 Å². The predicted octanol–water partition coefficient (Wildman–Crippen LogP) is 4.37. The Kier molecular flexibility index (Phi) is 3.82. The lowest BCUT2D eigenvalue weighted by atomic mass is 9.70. The smallest absolute Gasteiger partial charge is 0.225 e. The van der Waals surface area contributed by atoms with Gasteiger partial charge in [-0.25, -0.2) is 19.3 Å². The summed E-state index contributed by atoms with van der Waals surface area (Å²) >= 11 is 11.7. The van der Waals surface area contributed by atoms with Crippen LogP contribution in [0.1, 0.15) is 39.0 Å². The minimum atomic E-state index is -0.687. The zero-order chi connectivity index (χ0) is 16.9. The lowest BCUT2D eigenvalue weighted by molar-refractivity contribution is -0.148. The molecule has 3 aliphatic rings. The number of nitrogens with one attached hydrogen (secondary N) is 1. The van der Waals surface area contributed by atoms with Gasteiger partial charge in [-0.1, -0.05) is 18.5 Å². The van der Waals surface area contributed by atoms with Crippen LogP contribution in [0.15, 0.2) is 6.20 Å². The summed E-state index contributed by atoms with van der Waals surface area (Å²) in [6.07, 6.45) is 6.47. The fraction of sp³-hybridized carbons (Fsp3) is 0.562. The first-order valence-corrected chi connectivity index (χ1v) is 8.81. The molecule has 0 radical (unpaired) electrons. The van der Waals surface area contributed by atoms with E-state index >= 15 is 0 Å².